The average Bonchev–Trinajstić information content (AvgIpc) is 3.17. The predicted octanol–water partition coefficient (Wildman–Crippen LogP) is 3.09. The van der Waals surface area contributed by atoms with Crippen LogP contribution in [0.2, 0.25) is 0 Å². The molecule has 2 N–H and O–H groups in total. The van der Waals surface area contributed by atoms with Gasteiger partial charge in [-0.1, -0.05) is 13.8 Å². The Hall–Kier alpha value is -1.29. The van der Waals surface area contributed by atoms with Crippen LogP contribution in [0.25, 0.3) is 0 Å². The summed E-state index contributed by atoms with van der Waals surface area (Å²) in [6, 6.07) is 4.32. The highest BCUT2D eigenvalue weighted by Crippen LogP contribution is 2.30. The Morgan fingerprint density at radius 1 is 1.43 bits per heavy atom. The highest BCUT2D eigenvalue weighted by Gasteiger charge is 2.33. The molecular weight excluding hydrogens is 264 g/mol. The van der Waals surface area contributed by atoms with Crippen molar-refractivity contribution in [2.45, 2.75) is 59.0 Å². The van der Waals surface area contributed by atoms with Crippen LogP contribution in [0, 0.1) is 18.8 Å². The van der Waals surface area contributed by atoms with Gasteiger partial charge in [0.2, 0.25) is 5.91 Å². The Bertz CT molecular complexity index is 463. The molecule has 1 fully saturated rings. The molecule has 0 saturated heterocycles. The summed E-state index contributed by atoms with van der Waals surface area (Å²) in [7, 11) is 0. The Morgan fingerprint density at radius 2 is 2.14 bits per heavy atom. The number of carbonyl (C=O) groups is 1. The van der Waals surface area contributed by atoms with E-state index in [0.29, 0.717) is 31.5 Å². The first kappa shape index (κ1) is 16.1. The summed E-state index contributed by atoms with van der Waals surface area (Å²) in [5, 5.41) is 0. The van der Waals surface area contributed by atoms with Gasteiger partial charge in [-0.25, -0.2) is 0 Å². The van der Waals surface area contributed by atoms with Crippen LogP contribution >= 0.6 is 0 Å². The molecule has 4 nitrogen and oxygen atoms in total. The van der Waals surface area contributed by atoms with Crippen LogP contribution in [0.4, 0.5) is 0 Å². The van der Waals surface area contributed by atoms with E-state index in [-0.39, 0.29) is 11.8 Å². The molecule has 0 bridgehead atoms. The van der Waals surface area contributed by atoms with Crippen molar-refractivity contribution in [1.29, 1.82) is 0 Å². The lowest BCUT2D eigenvalue weighted by Gasteiger charge is -2.24. The summed E-state index contributed by atoms with van der Waals surface area (Å²) in [6.45, 7) is 7.47. The van der Waals surface area contributed by atoms with Crippen LogP contribution in [-0.2, 0) is 11.3 Å². The van der Waals surface area contributed by atoms with E-state index in [2.05, 4.69) is 13.8 Å². The molecule has 0 aromatic carbocycles. The van der Waals surface area contributed by atoms with Gasteiger partial charge < -0.3 is 15.1 Å². The van der Waals surface area contributed by atoms with Gasteiger partial charge in [0.05, 0.1) is 6.54 Å². The zero-order chi connectivity index (χ0) is 15.4. The van der Waals surface area contributed by atoms with Crippen molar-refractivity contribution in [3.05, 3.63) is 23.7 Å². The maximum atomic E-state index is 12.6. The summed E-state index contributed by atoms with van der Waals surface area (Å²) >= 11 is 0. The number of carbonyl (C=O) groups excluding carboxylic acids is 1. The fourth-order valence-corrected chi connectivity index (χ4v) is 2.84. The SMILES string of the molecule is Cc1ccc(CN(C(=O)C[C@@H](CN)CC(C)C)C2CC2)o1. The van der Waals surface area contributed by atoms with Crippen molar-refractivity contribution in [1.82, 2.24) is 4.90 Å². The molecule has 1 amide bonds. The minimum Gasteiger partial charge on any atom is -0.464 e. The van der Waals surface area contributed by atoms with Crippen LogP contribution in [0.3, 0.4) is 0 Å². The minimum absolute atomic E-state index is 0.225. The van der Waals surface area contributed by atoms with Gasteiger partial charge in [0, 0.05) is 12.5 Å². The quantitative estimate of drug-likeness (QED) is 0.801. The molecule has 1 aromatic rings. The molecule has 1 aliphatic rings. The second-order valence-corrected chi connectivity index (χ2v) is 6.70. The lowest BCUT2D eigenvalue weighted by molar-refractivity contribution is -0.133. The minimum atomic E-state index is 0.225. The van der Waals surface area contributed by atoms with Crippen molar-refractivity contribution < 1.29 is 9.21 Å². The third-order valence-corrected chi connectivity index (χ3v) is 4.03. The average molecular weight is 292 g/mol. The monoisotopic (exact) mass is 292 g/mol. The number of furan rings is 1. The lowest BCUT2D eigenvalue weighted by atomic mass is 9.93. The highest BCUT2D eigenvalue weighted by molar-refractivity contribution is 5.77. The number of amides is 1. The first-order valence-electron chi connectivity index (χ1n) is 8.04. The molecule has 0 radical (unpaired) electrons. The van der Waals surface area contributed by atoms with E-state index in [4.69, 9.17) is 10.2 Å². The van der Waals surface area contributed by atoms with Gasteiger partial charge in [-0.15, -0.1) is 0 Å². The fourth-order valence-electron chi connectivity index (χ4n) is 2.84. The van der Waals surface area contributed by atoms with Crippen LogP contribution in [-0.4, -0.2) is 23.4 Å². The van der Waals surface area contributed by atoms with Crippen molar-refractivity contribution in [3.8, 4) is 0 Å². The summed E-state index contributed by atoms with van der Waals surface area (Å²) in [5.74, 6) is 2.86. The molecule has 118 valence electrons. The zero-order valence-corrected chi connectivity index (χ0v) is 13.5. The van der Waals surface area contributed by atoms with E-state index in [1.54, 1.807) is 0 Å². The molecule has 1 aliphatic carbocycles. The third kappa shape index (κ3) is 4.88. The molecule has 4 heteroatoms. The Labute approximate surface area is 127 Å². The number of aryl methyl sites for hydroxylation is 1. The summed E-state index contributed by atoms with van der Waals surface area (Å²) < 4.78 is 5.62. The lowest BCUT2D eigenvalue weighted by Crippen LogP contribution is -2.35. The molecule has 2 rings (SSSR count). The van der Waals surface area contributed by atoms with Crippen molar-refractivity contribution in [3.63, 3.8) is 0 Å². The number of nitrogens with two attached hydrogens (primary N) is 1. The zero-order valence-electron chi connectivity index (χ0n) is 13.5. The Morgan fingerprint density at radius 3 is 2.62 bits per heavy atom. The summed E-state index contributed by atoms with van der Waals surface area (Å²) in [4.78, 5) is 14.6. The van der Waals surface area contributed by atoms with Gasteiger partial charge in [0.25, 0.3) is 0 Å². The van der Waals surface area contributed by atoms with E-state index < -0.39 is 0 Å². The van der Waals surface area contributed by atoms with Gasteiger partial charge in [-0.05, 0) is 56.7 Å². The molecule has 1 heterocycles. The molecule has 1 aromatic heterocycles. The molecule has 21 heavy (non-hydrogen) atoms. The summed E-state index contributed by atoms with van der Waals surface area (Å²) in [6.07, 6.45) is 3.80. The Kier molecular flexibility index (Phi) is 5.45. The van der Waals surface area contributed by atoms with Gasteiger partial charge >= 0.3 is 0 Å². The van der Waals surface area contributed by atoms with E-state index in [0.717, 1.165) is 30.8 Å². The summed E-state index contributed by atoms with van der Waals surface area (Å²) in [5.41, 5.74) is 5.83. The fraction of sp³-hybridized carbons (Fsp3) is 0.706. The van der Waals surface area contributed by atoms with E-state index in [1.807, 2.05) is 24.0 Å². The van der Waals surface area contributed by atoms with Gasteiger partial charge in [0.1, 0.15) is 11.5 Å². The number of rotatable bonds is 8. The van der Waals surface area contributed by atoms with E-state index in [1.165, 1.54) is 0 Å². The van der Waals surface area contributed by atoms with E-state index in [9.17, 15) is 4.79 Å². The van der Waals surface area contributed by atoms with Crippen LogP contribution in [0.15, 0.2) is 16.5 Å². The van der Waals surface area contributed by atoms with Crippen LogP contribution in [0.5, 0.6) is 0 Å². The Balaban J connectivity index is 1.95. The van der Waals surface area contributed by atoms with E-state index >= 15 is 0 Å². The molecule has 0 unspecified atom stereocenters. The number of hydrogen-bond donors (Lipinski definition) is 1. The van der Waals surface area contributed by atoms with Gasteiger partial charge in [-0.3, -0.25) is 4.79 Å². The normalized spacial score (nSPS) is 16.2. The first-order chi connectivity index (χ1) is 9.99. The van der Waals surface area contributed by atoms with Gasteiger partial charge in [-0.2, -0.15) is 0 Å². The van der Waals surface area contributed by atoms with Crippen molar-refractivity contribution in [2.24, 2.45) is 17.6 Å². The second kappa shape index (κ2) is 7.12. The standard InChI is InChI=1S/C17H28N2O2/c1-12(2)8-14(10-18)9-17(20)19(15-5-6-15)11-16-7-4-13(3)21-16/h4,7,12,14-15H,5-6,8-11,18H2,1-3H3/t14-/m0/s1. The highest BCUT2D eigenvalue weighted by atomic mass is 16.3. The molecule has 0 spiro atoms. The molecular formula is C17H28N2O2. The number of hydrogen-bond acceptors (Lipinski definition) is 3. The van der Waals surface area contributed by atoms with Crippen LogP contribution in [0.1, 0.15) is 51.1 Å². The maximum absolute atomic E-state index is 12.6. The smallest absolute Gasteiger partial charge is 0.223 e. The topological polar surface area (TPSA) is 59.5 Å². The first-order valence-corrected chi connectivity index (χ1v) is 8.04. The van der Waals surface area contributed by atoms with Crippen molar-refractivity contribution in [2.75, 3.05) is 6.54 Å². The van der Waals surface area contributed by atoms with Crippen molar-refractivity contribution >= 4 is 5.91 Å². The predicted molar refractivity (Wildman–Crippen MR) is 83.6 cm³/mol. The van der Waals surface area contributed by atoms with Gasteiger partial charge in [0.15, 0.2) is 0 Å². The second-order valence-electron chi connectivity index (χ2n) is 6.70. The largest absolute Gasteiger partial charge is 0.464 e. The molecule has 1 saturated carbocycles. The number of nitrogens with zero attached hydrogens (tertiary/aromatic N) is 1. The molecule has 0 aliphatic heterocycles. The third-order valence-electron chi connectivity index (χ3n) is 4.03. The van der Waals surface area contributed by atoms with Crippen LogP contribution < -0.4 is 5.73 Å². The molecule has 1 atom stereocenters. The maximum Gasteiger partial charge on any atom is 0.223 e.